The second-order valence-corrected chi connectivity index (χ2v) is 2.53. The van der Waals surface area contributed by atoms with Crippen molar-refractivity contribution in [3.8, 4) is 6.07 Å². The number of carbonyl (C=O) groups is 1. The van der Waals surface area contributed by atoms with Crippen molar-refractivity contribution < 1.29 is 9.18 Å². The lowest BCUT2D eigenvalue weighted by Crippen LogP contribution is -2.26. The Bertz CT molecular complexity index is 210. The number of alkyl halides is 1. The third-order valence-corrected chi connectivity index (χ3v) is 1.87. The Kier molecular flexibility index (Phi) is 1.36. The molecule has 2 atom stereocenters. The number of carbonyl (C=O) groups excluding carboxylic acids is 1. The second-order valence-electron chi connectivity index (χ2n) is 2.53. The van der Waals surface area contributed by atoms with E-state index >= 15 is 0 Å². The topological polar surface area (TPSA) is 66.9 Å². The van der Waals surface area contributed by atoms with E-state index in [1.54, 1.807) is 6.07 Å². The van der Waals surface area contributed by atoms with Crippen molar-refractivity contribution in [3.05, 3.63) is 0 Å². The van der Waals surface area contributed by atoms with E-state index in [0.29, 0.717) is 0 Å². The molecule has 0 spiro atoms. The van der Waals surface area contributed by atoms with Gasteiger partial charge in [-0.05, 0) is 6.42 Å². The second kappa shape index (κ2) is 1.94. The maximum atomic E-state index is 12.4. The molecule has 0 aromatic heterocycles. The molecular formula is C6H7FN2O. The molecule has 0 radical (unpaired) electrons. The monoisotopic (exact) mass is 142 g/mol. The largest absolute Gasteiger partial charge is 0.369 e. The number of hydrogen-bond acceptors (Lipinski definition) is 2. The summed E-state index contributed by atoms with van der Waals surface area (Å²) in [6.45, 7) is 0. The van der Waals surface area contributed by atoms with E-state index in [9.17, 15) is 9.18 Å². The molecule has 54 valence electrons. The van der Waals surface area contributed by atoms with Gasteiger partial charge in [-0.3, -0.25) is 4.79 Å². The predicted molar refractivity (Wildman–Crippen MR) is 31.4 cm³/mol. The van der Waals surface area contributed by atoms with Crippen LogP contribution in [0.25, 0.3) is 0 Å². The zero-order chi connectivity index (χ0) is 7.78. The molecule has 1 fully saturated rings. The molecule has 0 saturated heterocycles. The number of hydrogen-bond donors (Lipinski definition) is 1. The average molecular weight is 142 g/mol. The van der Waals surface area contributed by atoms with Gasteiger partial charge in [0.1, 0.15) is 6.17 Å². The first-order chi connectivity index (χ1) is 4.63. The molecule has 1 amide bonds. The summed E-state index contributed by atoms with van der Waals surface area (Å²) in [6.07, 6.45) is -1.16. The minimum Gasteiger partial charge on any atom is -0.369 e. The molecule has 1 aliphatic rings. The third-order valence-electron chi connectivity index (χ3n) is 1.87. The Morgan fingerprint density at radius 1 is 2.00 bits per heavy atom. The normalized spacial score (nSPS) is 36.6. The van der Waals surface area contributed by atoms with Crippen molar-refractivity contribution in [2.24, 2.45) is 11.1 Å². The summed E-state index contributed by atoms with van der Waals surface area (Å²) in [4.78, 5) is 10.5. The van der Waals surface area contributed by atoms with Crippen LogP contribution >= 0.6 is 0 Å². The van der Waals surface area contributed by atoms with Gasteiger partial charge in [-0.1, -0.05) is 0 Å². The Hall–Kier alpha value is -1.11. The Labute approximate surface area is 57.6 Å². The number of primary amides is 1. The molecule has 0 aromatic carbocycles. The first-order valence-electron chi connectivity index (χ1n) is 2.94. The zero-order valence-electron chi connectivity index (χ0n) is 5.30. The number of nitrogens with zero attached hydrogens (tertiary/aromatic N) is 1. The first-order valence-corrected chi connectivity index (χ1v) is 2.94. The molecule has 4 heteroatoms. The van der Waals surface area contributed by atoms with Crippen molar-refractivity contribution in [1.29, 1.82) is 5.26 Å². The fourth-order valence-corrected chi connectivity index (χ4v) is 0.927. The van der Waals surface area contributed by atoms with E-state index in [4.69, 9.17) is 11.0 Å². The molecule has 0 aliphatic heterocycles. The highest BCUT2D eigenvalue weighted by Crippen LogP contribution is 2.50. The van der Waals surface area contributed by atoms with Gasteiger partial charge in [0, 0.05) is 0 Å². The molecule has 0 bridgehead atoms. The van der Waals surface area contributed by atoms with Crippen LogP contribution in [0.4, 0.5) is 4.39 Å². The average Bonchev–Trinajstić information content (AvgIpc) is 2.44. The van der Waals surface area contributed by atoms with E-state index in [0.717, 1.165) is 0 Å². The number of amides is 1. The van der Waals surface area contributed by atoms with E-state index in [-0.39, 0.29) is 12.8 Å². The maximum absolute atomic E-state index is 12.4. The van der Waals surface area contributed by atoms with E-state index in [1.165, 1.54) is 0 Å². The highest BCUT2D eigenvalue weighted by Gasteiger charge is 2.60. The lowest BCUT2D eigenvalue weighted by Gasteiger charge is -2.02. The third kappa shape index (κ3) is 0.747. The minimum atomic E-state index is -1.19. The van der Waals surface area contributed by atoms with Crippen LogP contribution in [0.3, 0.4) is 0 Å². The molecule has 3 nitrogen and oxygen atoms in total. The molecule has 1 aliphatic carbocycles. The molecule has 1 saturated carbocycles. The lowest BCUT2D eigenvalue weighted by atomic mass is 10.0. The highest BCUT2D eigenvalue weighted by molar-refractivity contribution is 5.85. The molecule has 0 heterocycles. The summed E-state index contributed by atoms with van der Waals surface area (Å²) < 4.78 is 12.4. The van der Waals surface area contributed by atoms with Crippen LogP contribution in [-0.2, 0) is 4.79 Å². The van der Waals surface area contributed by atoms with Gasteiger partial charge in [-0.25, -0.2) is 4.39 Å². The molecular weight excluding hydrogens is 135 g/mol. The Balaban J connectivity index is 2.66. The van der Waals surface area contributed by atoms with Crippen molar-refractivity contribution in [2.75, 3.05) is 0 Å². The Morgan fingerprint density at radius 2 is 2.50 bits per heavy atom. The standard InChI is InChI=1S/C6H7FN2O/c7-4-3-6(4,1-2-8)5(9)10/h4H,1,3H2,(H2,9,10). The zero-order valence-corrected chi connectivity index (χ0v) is 5.30. The van der Waals surface area contributed by atoms with Gasteiger partial charge in [0.05, 0.1) is 17.9 Å². The van der Waals surface area contributed by atoms with Gasteiger partial charge in [0.15, 0.2) is 0 Å². The van der Waals surface area contributed by atoms with Crippen LogP contribution in [0.1, 0.15) is 12.8 Å². The Morgan fingerprint density at radius 3 is 2.60 bits per heavy atom. The lowest BCUT2D eigenvalue weighted by molar-refractivity contribution is -0.123. The van der Waals surface area contributed by atoms with Gasteiger partial charge in [-0.2, -0.15) is 5.26 Å². The maximum Gasteiger partial charge on any atom is 0.227 e. The summed E-state index contributed by atoms with van der Waals surface area (Å²) in [5, 5.41) is 8.18. The van der Waals surface area contributed by atoms with Crippen LogP contribution in [-0.4, -0.2) is 12.1 Å². The SMILES string of the molecule is N#CCC1(C(N)=O)CC1F. The van der Waals surface area contributed by atoms with Crippen molar-refractivity contribution in [2.45, 2.75) is 19.0 Å². The molecule has 0 aromatic rings. The van der Waals surface area contributed by atoms with Crippen molar-refractivity contribution in [1.82, 2.24) is 0 Å². The molecule has 2 N–H and O–H groups in total. The predicted octanol–water partition coefficient (Wildman–Crippen LogP) is 0.114. The molecule has 1 rings (SSSR count). The summed E-state index contributed by atoms with van der Waals surface area (Å²) in [5.74, 6) is -0.693. The van der Waals surface area contributed by atoms with Gasteiger partial charge in [-0.15, -0.1) is 0 Å². The summed E-state index contributed by atoms with van der Waals surface area (Å²) >= 11 is 0. The van der Waals surface area contributed by atoms with Crippen LogP contribution in [0.5, 0.6) is 0 Å². The van der Waals surface area contributed by atoms with Crippen LogP contribution < -0.4 is 5.73 Å². The summed E-state index contributed by atoms with van der Waals surface area (Å²) in [6, 6.07) is 1.74. The quantitative estimate of drug-likeness (QED) is 0.594. The van der Waals surface area contributed by atoms with Gasteiger partial charge in [0.25, 0.3) is 0 Å². The smallest absolute Gasteiger partial charge is 0.227 e. The molecule has 10 heavy (non-hydrogen) atoms. The summed E-state index contributed by atoms with van der Waals surface area (Å²) in [5.41, 5.74) is 3.75. The molecule has 2 unspecified atom stereocenters. The van der Waals surface area contributed by atoms with Crippen LogP contribution in [0.15, 0.2) is 0 Å². The number of nitrogens with two attached hydrogens (primary N) is 1. The van der Waals surface area contributed by atoms with E-state index < -0.39 is 17.5 Å². The minimum absolute atomic E-state index is 0.0938. The number of rotatable bonds is 2. The number of nitriles is 1. The van der Waals surface area contributed by atoms with Crippen LogP contribution in [0, 0.1) is 16.7 Å². The fraction of sp³-hybridized carbons (Fsp3) is 0.667. The van der Waals surface area contributed by atoms with E-state index in [1.807, 2.05) is 0 Å². The van der Waals surface area contributed by atoms with Gasteiger partial charge < -0.3 is 5.73 Å². The number of halogens is 1. The first kappa shape index (κ1) is 7.00. The van der Waals surface area contributed by atoms with E-state index in [2.05, 4.69) is 0 Å². The van der Waals surface area contributed by atoms with Crippen LogP contribution in [0.2, 0.25) is 0 Å². The van der Waals surface area contributed by atoms with Gasteiger partial charge >= 0.3 is 0 Å². The van der Waals surface area contributed by atoms with Crippen molar-refractivity contribution in [3.63, 3.8) is 0 Å². The highest BCUT2D eigenvalue weighted by atomic mass is 19.1. The summed E-state index contributed by atoms with van der Waals surface area (Å²) in [7, 11) is 0. The van der Waals surface area contributed by atoms with Gasteiger partial charge in [0.2, 0.25) is 5.91 Å². The fourth-order valence-electron chi connectivity index (χ4n) is 0.927. The van der Waals surface area contributed by atoms with Crippen molar-refractivity contribution >= 4 is 5.91 Å².